The molecule has 1 aliphatic carbocycles. The van der Waals surface area contributed by atoms with Crippen LogP contribution in [0.15, 0.2) is 51.2 Å². The first-order valence-electron chi connectivity index (χ1n) is 8.87. The molecule has 1 unspecified atom stereocenters. The summed E-state index contributed by atoms with van der Waals surface area (Å²) in [5.41, 5.74) is 4.37. The summed E-state index contributed by atoms with van der Waals surface area (Å²) >= 11 is 0. The van der Waals surface area contributed by atoms with Crippen LogP contribution in [0.5, 0.6) is 0 Å². The topological polar surface area (TPSA) is 32.7 Å². The zero-order valence-corrected chi connectivity index (χ0v) is 16.3. The van der Waals surface area contributed by atoms with Gasteiger partial charge in [0, 0.05) is 23.4 Å². The van der Waals surface area contributed by atoms with Crippen LogP contribution in [0.25, 0.3) is 0 Å². The number of nitrogens with zero attached hydrogens (tertiary/aromatic N) is 2. The SMILES string of the molecule is CCN(C)C=Nc1cc(C)c(S(=O)c2ccccc2C)cc1C1CC1. The highest BCUT2D eigenvalue weighted by Crippen LogP contribution is 2.45. The van der Waals surface area contributed by atoms with E-state index in [2.05, 4.69) is 24.0 Å². The van der Waals surface area contributed by atoms with E-state index in [1.807, 2.05) is 51.5 Å². The predicted octanol–water partition coefficient (Wildman–Crippen LogP) is 4.96. The minimum absolute atomic E-state index is 0.562. The Morgan fingerprint density at radius 3 is 2.52 bits per heavy atom. The summed E-state index contributed by atoms with van der Waals surface area (Å²) in [6.45, 7) is 7.08. The van der Waals surface area contributed by atoms with Crippen molar-refractivity contribution in [1.82, 2.24) is 4.90 Å². The molecular formula is C21H26N2OS. The predicted molar refractivity (Wildman–Crippen MR) is 105 cm³/mol. The van der Waals surface area contributed by atoms with Gasteiger partial charge >= 0.3 is 0 Å². The fourth-order valence-electron chi connectivity index (χ4n) is 2.85. The maximum atomic E-state index is 13.2. The van der Waals surface area contributed by atoms with Gasteiger partial charge in [0.2, 0.25) is 0 Å². The molecule has 132 valence electrons. The Hall–Kier alpha value is -1.94. The third-order valence-corrected chi connectivity index (χ3v) is 6.42. The molecule has 1 saturated carbocycles. The van der Waals surface area contributed by atoms with Crippen molar-refractivity contribution in [2.24, 2.45) is 4.99 Å². The minimum atomic E-state index is -1.15. The lowest BCUT2D eigenvalue weighted by Crippen LogP contribution is -2.14. The molecule has 0 aromatic heterocycles. The summed E-state index contributed by atoms with van der Waals surface area (Å²) in [6.07, 6.45) is 4.29. The van der Waals surface area contributed by atoms with E-state index in [9.17, 15) is 4.21 Å². The summed E-state index contributed by atoms with van der Waals surface area (Å²) in [5.74, 6) is 0.562. The molecule has 0 bridgehead atoms. The number of aryl methyl sites for hydroxylation is 2. The summed E-state index contributed by atoms with van der Waals surface area (Å²) in [4.78, 5) is 8.57. The van der Waals surface area contributed by atoms with E-state index >= 15 is 0 Å². The minimum Gasteiger partial charge on any atom is -0.366 e. The number of hydrogen-bond donors (Lipinski definition) is 0. The molecule has 2 aromatic carbocycles. The number of rotatable bonds is 6. The zero-order chi connectivity index (χ0) is 18.0. The van der Waals surface area contributed by atoms with E-state index in [-0.39, 0.29) is 0 Å². The zero-order valence-electron chi connectivity index (χ0n) is 15.5. The second kappa shape index (κ2) is 7.52. The Kier molecular flexibility index (Phi) is 5.38. The van der Waals surface area contributed by atoms with Gasteiger partial charge in [0.05, 0.1) is 22.8 Å². The largest absolute Gasteiger partial charge is 0.366 e. The molecule has 1 atom stereocenters. The molecule has 0 aliphatic heterocycles. The molecule has 3 nitrogen and oxygen atoms in total. The lowest BCUT2D eigenvalue weighted by Gasteiger charge is -2.14. The van der Waals surface area contributed by atoms with Crippen LogP contribution in [-0.2, 0) is 10.8 Å². The van der Waals surface area contributed by atoms with Crippen LogP contribution >= 0.6 is 0 Å². The van der Waals surface area contributed by atoms with E-state index in [0.29, 0.717) is 5.92 Å². The van der Waals surface area contributed by atoms with Crippen LogP contribution in [0.4, 0.5) is 5.69 Å². The van der Waals surface area contributed by atoms with Gasteiger partial charge in [-0.15, -0.1) is 0 Å². The van der Waals surface area contributed by atoms with E-state index in [4.69, 9.17) is 4.99 Å². The lowest BCUT2D eigenvalue weighted by molar-refractivity contribution is 0.552. The van der Waals surface area contributed by atoms with Crippen LogP contribution in [0.1, 0.15) is 42.4 Å². The van der Waals surface area contributed by atoms with Gasteiger partial charge in [0.15, 0.2) is 0 Å². The molecule has 4 heteroatoms. The third kappa shape index (κ3) is 4.01. The maximum absolute atomic E-state index is 13.2. The Morgan fingerprint density at radius 1 is 1.16 bits per heavy atom. The van der Waals surface area contributed by atoms with Crippen molar-refractivity contribution in [2.45, 2.75) is 49.3 Å². The Balaban J connectivity index is 2.02. The van der Waals surface area contributed by atoms with Gasteiger partial charge < -0.3 is 4.90 Å². The maximum Gasteiger partial charge on any atom is 0.0909 e. The quantitative estimate of drug-likeness (QED) is 0.542. The van der Waals surface area contributed by atoms with E-state index < -0.39 is 10.8 Å². The van der Waals surface area contributed by atoms with Gasteiger partial charge in [-0.1, -0.05) is 18.2 Å². The summed E-state index contributed by atoms with van der Waals surface area (Å²) in [6, 6.07) is 12.2. The van der Waals surface area contributed by atoms with E-state index in [0.717, 1.165) is 33.2 Å². The smallest absolute Gasteiger partial charge is 0.0909 e. The van der Waals surface area contributed by atoms with E-state index in [1.165, 1.54) is 18.4 Å². The Bertz CT molecular complexity index is 825. The summed E-state index contributed by atoms with van der Waals surface area (Å²) < 4.78 is 13.2. The molecule has 1 aliphatic rings. The highest BCUT2D eigenvalue weighted by Gasteiger charge is 2.28. The van der Waals surface area contributed by atoms with Gasteiger partial charge in [-0.2, -0.15) is 0 Å². The molecule has 0 saturated heterocycles. The Labute approximate surface area is 153 Å². The van der Waals surface area contributed by atoms with Crippen molar-refractivity contribution in [3.63, 3.8) is 0 Å². The van der Waals surface area contributed by atoms with Crippen molar-refractivity contribution in [2.75, 3.05) is 13.6 Å². The molecule has 0 radical (unpaired) electrons. The summed E-state index contributed by atoms with van der Waals surface area (Å²) in [5, 5.41) is 0. The first-order valence-corrected chi connectivity index (χ1v) is 10.0. The monoisotopic (exact) mass is 354 g/mol. The molecular weight excluding hydrogens is 328 g/mol. The molecule has 1 fully saturated rings. The molecule has 2 aromatic rings. The van der Waals surface area contributed by atoms with Crippen molar-refractivity contribution in [3.8, 4) is 0 Å². The van der Waals surface area contributed by atoms with Gasteiger partial charge in [-0.25, -0.2) is 9.20 Å². The third-order valence-electron chi connectivity index (χ3n) is 4.73. The Morgan fingerprint density at radius 2 is 1.88 bits per heavy atom. The van der Waals surface area contributed by atoms with Crippen LogP contribution in [0.2, 0.25) is 0 Å². The average Bonchev–Trinajstić information content (AvgIpc) is 3.44. The number of aliphatic imine (C=N–C) groups is 1. The van der Waals surface area contributed by atoms with Crippen LogP contribution in [0, 0.1) is 13.8 Å². The molecule has 0 N–H and O–H groups in total. The van der Waals surface area contributed by atoms with Crippen molar-refractivity contribution in [1.29, 1.82) is 0 Å². The van der Waals surface area contributed by atoms with Gasteiger partial charge in [0.25, 0.3) is 0 Å². The van der Waals surface area contributed by atoms with Crippen molar-refractivity contribution in [3.05, 3.63) is 53.1 Å². The van der Waals surface area contributed by atoms with Crippen molar-refractivity contribution < 1.29 is 4.21 Å². The molecule has 3 rings (SSSR count). The normalized spacial score (nSPS) is 15.5. The molecule has 0 spiro atoms. The molecule has 0 amide bonds. The molecule has 25 heavy (non-hydrogen) atoms. The second-order valence-electron chi connectivity index (χ2n) is 6.80. The molecule has 0 heterocycles. The van der Waals surface area contributed by atoms with Crippen LogP contribution in [-0.4, -0.2) is 29.0 Å². The van der Waals surface area contributed by atoms with Gasteiger partial charge in [0.1, 0.15) is 0 Å². The van der Waals surface area contributed by atoms with E-state index in [1.54, 1.807) is 0 Å². The lowest BCUT2D eigenvalue weighted by atomic mass is 10.1. The van der Waals surface area contributed by atoms with Crippen LogP contribution in [0.3, 0.4) is 0 Å². The fraction of sp³-hybridized carbons (Fsp3) is 0.381. The highest BCUT2D eigenvalue weighted by atomic mass is 32.2. The van der Waals surface area contributed by atoms with Gasteiger partial charge in [-0.05, 0) is 74.4 Å². The standard InChI is InChI=1S/C21H26N2OS/c1-5-23(4)14-22-19-12-16(3)21(13-18(19)17-10-11-17)25(24)20-9-7-6-8-15(20)2/h6-9,12-14,17H,5,10-11H2,1-4H3. The van der Waals surface area contributed by atoms with Crippen LogP contribution < -0.4 is 0 Å². The fourth-order valence-corrected chi connectivity index (χ4v) is 4.23. The average molecular weight is 355 g/mol. The highest BCUT2D eigenvalue weighted by molar-refractivity contribution is 7.85. The first-order chi connectivity index (χ1) is 12.0. The summed E-state index contributed by atoms with van der Waals surface area (Å²) in [7, 11) is 0.869. The number of benzene rings is 2. The number of hydrogen-bond acceptors (Lipinski definition) is 2. The van der Waals surface area contributed by atoms with Crippen molar-refractivity contribution >= 4 is 22.8 Å². The second-order valence-corrected chi connectivity index (χ2v) is 8.22. The first kappa shape index (κ1) is 17.9. The van der Waals surface area contributed by atoms with Gasteiger partial charge in [-0.3, -0.25) is 0 Å².